The Balaban J connectivity index is 1.79. The molecule has 1 heterocycles. The van der Waals surface area contributed by atoms with Crippen LogP contribution in [0.15, 0.2) is 48.8 Å². The van der Waals surface area contributed by atoms with Crippen LogP contribution in [0.4, 0.5) is 0 Å². The lowest BCUT2D eigenvalue weighted by molar-refractivity contribution is 0.0939. The van der Waals surface area contributed by atoms with Crippen LogP contribution in [0.2, 0.25) is 0 Å². The fourth-order valence-corrected chi connectivity index (χ4v) is 2.60. The number of methoxy groups -OCH3 is 2. The molecule has 0 bridgehead atoms. The van der Waals surface area contributed by atoms with Crippen molar-refractivity contribution < 1.29 is 14.3 Å². The predicted molar refractivity (Wildman–Crippen MR) is 94.6 cm³/mol. The Morgan fingerprint density at radius 1 is 1.15 bits per heavy atom. The van der Waals surface area contributed by atoms with Crippen molar-refractivity contribution in [2.45, 2.75) is 13.0 Å². The van der Waals surface area contributed by atoms with Crippen LogP contribution in [-0.4, -0.2) is 40.3 Å². The molecular weight excluding hydrogens is 334 g/mol. The highest BCUT2D eigenvalue weighted by Crippen LogP contribution is 2.29. The Kier molecular flexibility index (Phi) is 5.12. The number of tetrazole rings is 1. The van der Waals surface area contributed by atoms with Gasteiger partial charge >= 0.3 is 0 Å². The van der Waals surface area contributed by atoms with Gasteiger partial charge in [-0.1, -0.05) is 6.07 Å². The van der Waals surface area contributed by atoms with Crippen LogP contribution in [0.5, 0.6) is 11.5 Å². The molecule has 1 aromatic heterocycles. The van der Waals surface area contributed by atoms with E-state index < -0.39 is 0 Å². The summed E-state index contributed by atoms with van der Waals surface area (Å²) in [6.07, 6.45) is 1.47. The van der Waals surface area contributed by atoms with Gasteiger partial charge in [0, 0.05) is 17.2 Å². The van der Waals surface area contributed by atoms with E-state index in [1.54, 1.807) is 38.5 Å². The van der Waals surface area contributed by atoms with Gasteiger partial charge < -0.3 is 14.8 Å². The van der Waals surface area contributed by atoms with E-state index in [1.807, 2.05) is 25.1 Å². The summed E-state index contributed by atoms with van der Waals surface area (Å²) in [6, 6.07) is 12.3. The third kappa shape index (κ3) is 3.64. The highest BCUT2D eigenvalue weighted by atomic mass is 16.5. The van der Waals surface area contributed by atoms with Crippen LogP contribution in [0.1, 0.15) is 28.9 Å². The molecule has 0 saturated carbocycles. The second-order valence-corrected chi connectivity index (χ2v) is 5.61. The zero-order valence-electron chi connectivity index (χ0n) is 14.7. The molecule has 3 rings (SSSR count). The van der Waals surface area contributed by atoms with Crippen LogP contribution >= 0.6 is 0 Å². The molecule has 1 amide bonds. The maximum atomic E-state index is 12.6. The fraction of sp³-hybridized carbons (Fsp3) is 0.222. The highest BCUT2D eigenvalue weighted by Gasteiger charge is 2.16. The van der Waals surface area contributed by atoms with Crippen molar-refractivity contribution in [1.29, 1.82) is 0 Å². The summed E-state index contributed by atoms with van der Waals surface area (Å²) in [5.41, 5.74) is 2.08. The van der Waals surface area contributed by atoms with Crippen LogP contribution < -0.4 is 14.8 Å². The monoisotopic (exact) mass is 353 g/mol. The van der Waals surface area contributed by atoms with Gasteiger partial charge in [0.25, 0.3) is 5.91 Å². The van der Waals surface area contributed by atoms with Crippen molar-refractivity contribution in [2.24, 2.45) is 0 Å². The first kappa shape index (κ1) is 17.4. The molecule has 8 nitrogen and oxygen atoms in total. The molecule has 134 valence electrons. The number of carbonyl (C=O) groups excluding carboxylic acids is 1. The van der Waals surface area contributed by atoms with Crippen molar-refractivity contribution in [3.05, 3.63) is 59.9 Å². The summed E-state index contributed by atoms with van der Waals surface area (Å²) in [4.78, 5) is 12.6. The van der Waals surface area contributed by atoms with Gasteiger partial charge in [-0.15, -0.1) is 5.10 Å². The molecule has 2 aromatic carbocycles. The molecule has 1 atom stereocenters. The number of aromatic nitrogens is 4. The molecule has 1 N–H and O–H groups in total. The number of hydrogen-bond acceptors (Lipinski definition) is 6. The number of rotatable bonds is 6. The van der Waals surface area contributed by atoms with Gasteiger partial charge in [0.1, 0.15) is 17.8 Å². The summed E-state index contributed by atoms with van der Waals surface area (Å²) >= 11 is 0. The van der Waals surface area contributed by atoms with Crippen molar-refractivity contribution >= 4 is 5.91 Å². The second kappa shape index (κ2) is 7.64. The largest absolute Gasteiger partial charge is 0.497 e. The van der Waals surface area contributed by atoms with Crippen molar-refractivity contribution in [3.8, 4) is 17.2 Å². The number of nitrogens with zero attached hydrogens (tertiary/aromatic N) is 4. The molecule has 3 aromatic rings. The number of amides is 1. The maximum absolute atomic E-state index is 12.6. The SMILES string of the molecule is COc1ccc(C(C)NC(=O)c2cccc(-n3cnnn3)c2)c(OC)c1. The predicted octanol–water partition coefficient (Wildman–Crippen LogP) is 2.17. The van der Waals surface area contributed by atoms with Crippen LogP contribution in [0, 0.1) is 0 Å². The Bertz CT molecular complexity index is 896. The number of nitrogens with one attached hydrogen (secondary N) is 1. The molecule has 0 radical (unpaired) electrons. The van der Waals surface area contributed by atoms with Crippen LogP contribution in [0.3, 0.4) is 0 Å². The number of benzene rings is 2. The van der Waals surface area contributed by atoms with E-state index in [1.165, 1.54) is 11.0 Å². The standard InChI is InChI=1S/C18H19N5O3/c1-12(16-8-7-15(25-2)10-17(16)26-3)20-18(24)13-5-4-6-14(9-13)23-11-19-21-22-23/h4-12H,1-3H3,(H,20,24). The molecular formula is C18H19N5O3. The van der Waals surface area contributed by atoms with Crippen molar-refractivity contribution in [3.63, 3.8) is 0 Å². The van der Waals surface area contributed by atoms with Gasteiger partial charge in [0.2, 0.25) is 0 Å². The van der Waals surface area contributed by atoms with E-state index in [4.69, 9.17) is 9.47 Å². The molecule has 0 saturated heterocycles. The van der Waals surface area contributed by atoms with Gasteiger partial charge in [-0.05, 0) is 47.7 Å². The van der Waals surface area contributed by atoms with Gasteiger partial charge in [-0.2, -0.15) is 0 Å². The molecule has 0 spiro atoms. The number of hydrogen-bond donors (Lipinski definition) is 1. The van der Waals surface area contributed by atoms with E-state index in [-0.39, 0.29) is 11.9 Å². The summed E-state index contributed by atoms with van der Waals surface area (Å²) < 4.78 is 12.1. The first-order valence-electron chi connectivity index (χ1n) is 7.98. The van der Waals surface area contributed by atoms with Gasteiger partial charge in [-0.25, -0.2) is 4.68 Å². The van der Waals surface area contributed by atoms with Crippen molar-refractivity contribution in [2.75, 3.05) is 14.2 Å². The van der Waals surface area contributed by atoms with Gasteiger partial charge in [0.15, 0.2) is 0 Å². The highest BCUT2D eigenvalue weighted by molar-refractivity contribution is 5.95. The molecule has 0 aliphatic heterocycles. The lowest BCUT2D eigenvalue weighted by Crippen LogP contribution is -2.27. The Hall–Kier alpha value is -3.42. The van der Waals surface area contributed by atoms with Gasteiger partial charge in [0.05, 0.1) is 25.9 Å². The number of carbonyl (C=O) groups is 1. The summed E-state index contributed by atoms with van der Waals surface area (Å²) in [5.74, 6) is 1.14. The van der Waals surface area contributed by atoms with Gasteiger partial charge in [-0.3, -0.25) is 4.79 Å². The minimum absolute atomic E-state index is 0.203. The first-order chi connectivity index (χ1) is 12.6. The van der Waals surface area contributed by atoms with E-state index in [2.05, 4.69) is 20.8 Å². The number of ether oxygens (including phenoxy) is 2. The Labute approximate surface area is 150 Å². The maximum Gasteiger partial charge on any atom is 0.251 e. The summed E-state index contributed by atoms with van der Waals surface area (Å²) in [6.45, 7) is 1.90. The summed E-state index contributed by atoms with van der Waals surface area (Å²) in [7, 11) is 3.18. The molecule has 8 heteroatoms. The molecule has 0 aliphatic carbocycles. The zero-order valence-corrected chi connectivity index (χ0v) is 14.7. The molecule has 26 heavy (non-hydrogen) atoms. The lowest BCUT2D eigenvalue weighted by Gasteiger charge is -2.18. The average Bonchev–Trinajstić information content (AvgIpc) is 3.22. The third-order valence-electron chi connectivity index (χ3n) is 3.98. The quantitative estimate of drug-likeness (QED) is 0.730. The summed E-state index contributed by atoms with van der Waals surface area (Å²) in [5, 5.41) is 14.0. The molecule has 0 aliphatic rings. The van der Waals surface area contributed by atoms with Crippen molar-refractivity contribution in [1.82, 2.24) is 25.5 Å². The smallest absolute Gasteiger partial charge is 0.251 e. The average molecular weight is 353 g/mol. The minimum atomic E-state index is -0.250. The van der Waals surface area contributed by atoms with Crippen LogP contribution in [-0.2, 0) is 0 Å². The zero-order chi connectivity index (χ0) is 18.5. The Morgan fingerprint density at radius 2 is 2.00 bits per heavy atom. The fourth-order valence-electron chi connectivity index (χ4n) is 2.60. The minimum Gasteiger partial charge on any atom is -0.497 e. The molecule has 1 unspecified atom stereocenters. The third-order valence-corrected chi connectivity index (χ3v) is 3.98. The lowest BCUT2D eigenvalue weighted by atomic mass is 10.1. The van der Waals surface area contributed by atoms with E-state index >= 15 is 0 Å². The second-order valence-electron chi connectivity index (χ2n) is 5.61. The van der Waals surface area contributed by atoms with Crippen LogP contribution in [0.25, 0.3) is 5.69 Å². The normalized spacial score (nSPS) is 11.7. The first-order valence-corrected chi connectivity index (χ1v) is 7.98. The van der Waals surface area contributed by atoms with E-state index in [0.717, 1.165) is 5.56 Å². The molecule has 0 fully saturated rings. The van der Waals surface area contributed by atoms with E-state index in [9.17, 15) is 4.79 Å². The Morgan fingerprint density at radius 3 is 2.69 bits per heavy atom. The van der Waals surface area contributed by atoms with E-state index in [0.29, 0.717) is 22.7 Å². The topological polar surface area (TPSA) is 91.2 Å².